The standard InChI is InChI=1S/C11H21N3O4/c1-7(2)6-8(10(16)17)14-11(18)13-5-3-4-9(12)15/h7-8H,3-6H2,1-2H3,(H2,12,15)(H,16,17)(H2,13,14,18)/t8-/m0/s1. The van der Waals surface area contributed by atoms with E-state index < -0.39 is 23.9 Å². The second-order valence-electron chi connectivity index (χ2n) is 4.49. The Labute approximate surface area is 106 Å². The molecule has 0 aliphatic heterocycles. The van der Waals surface area contributed by atoms with Crippen LogP contribution in [0.25, 0.3) is 0 Å². The van der Waals surface area contributed by atoms with E-state index in [2.05, 4.69) is 10.6 Å². The van der Waals surface area contributed by atoms with E-state index in [9.17, 15) is 14.4 Å². The van der Waals surface area contributed by atoms with Crippen molar-refractivity contribution in [2.45, 2.75) is 39.2 Å². The Morgan fingerprint density at radius 3 is 2.33 bits per heavy atom. The Kier molecular flexibility index (Phi) is 7.50. The molecule has 7 nitrogen and oxygen atoms in total. The van der Waals surface area contributed by atoms with Crippen molar-refractivity contribution in [1.29, 1.82) is 0 Å². The van der Waals surface area contributed by atoms with E-state index >= 15 is 0 Å². The van der Waals surface area contributed by atoms with E-state index in [1.54, 1.807) is 0 Å². The van der Waals surface area contributed by atoms with Gasteiger partial charge in [-0.2, -0.15) is 0 Å². The van der Waals surface area contributed by atoms with E-state index in [1.807, 2.05) is 13.8 Å². The second-order valence-corrected chi connectivity index (χ2v) is 4.49. The van der Waals surface area contributed by atoms with Gasteiger partial charge in [0.2, 0.25) is 5.91 Å². The molecule has 1 atom stereocenters. The minimum atomic E-state index is -1.06. The van der Waals surface area contributed by atoms with Crippen LogP contribution in [-0.2, 0) is 9.59 Å². The highest BCUT2D eigenvalue weighted by molar-refractivity contribution is 5.82. The molecule has 0 aromatic carbocycles. The van der Waals surface area contributed by atoms with Gasteiger partial charge in [0.1, 0.15) is 6.04 Å². The predicted molar refractivity (Wildman–Crippen MR) is 65.8 cm³/mol. The maximum Gasteiger partial charge on any atom is 0.326 e. The Morgan fingerprint density at radius 2 is 1.89 bits per heavy atom. The van der Waals surface area contributed by atoms with Crippen molar-refractivity contribution in [2.75, 3.05) is 6.54 Å². The summed E-state index contributed by atoms with van der Waals surface area (Å²) >= 11 is 0. The molecule has 0 aliphatic carbocycles. The molecule has 0 fully saturated rings. The minimum absolute atomic E-state index is 0.168. The van der Waals surface area contributed by atoms with E-state index in [4.69, 9.17) is 10.8 Å². The fraction of sp³-hybridized carbons (Fsp3) is 0.727. The molecule has 18 heavy (non-hydrogen) atoms. The van der Waals surface area contributed by atoms with Crippen LogP contribution in [-0.4, -0.2) is 35.6 Å². The Hall–Kier alpha value is -1.79. The Morgan fingerprint density at radius 1 is 1.28 bits per heavy atom. The molecule has 5 N–H and O–H groups in total. The van der Waals surface area contributed by atoms with Crippen LogP contribution in [0.2, 0.25) is 0 Å². The molecule has 0 aromatic rings. The summed E-state index contributed by atoms with van der Waals surface area (Å²) in [5, 5.41) is 13.8. The molecule has 0 heterocycles. The quantitative estimate of drug-likeness (QED) is 0.460. The number of hydrogen-bond donors (Lipinski definition) is 4. The summed E-state index contributed by atoms with van der Waals surface area (Å²) in [7, 11) is 0. The lowest BCUT2D eigenvalue weighted by atomic mass is 10.0. The maximum atomic E-state index is 11.4. The van der Waals surface area contributed by atoms with Gasteiger partial charge in [-0.15, -0.1) is 0 Å². The number of amides is 3. The van der Waals surface area contributed by atoms with Crippen molar-refractivity contribution in [3.8, 4) is 0 Å². The monoisotopic (exact) mass is 259 g/mol. The van der Waals surface area contributed by atoms with Gasteiger partial charge in [0, 0.05) is 13.0 Å². The number of rotatable bonds is 8. The van der Waals surface area contributed by atoms with Crippen LogP contribution in [0.5, 0.6) is 0 Å². The lowest BCUT2D eigenvalue weighted by Crippen LogP contribution is -2.46. The van der Waals surface area contributed by atoms with Crippen molar-refractivity contribution < 1.29 is 19.5 Å². The normalized spacial score (nSPS) is 11.9. The molecule has 0 radical (unpaired) electrons. The van der Waals surface area contributed by atoms with Crippen molar-refractivity contribution in [3.63, 3.8) is 0 Å². The van der Waals surface area contributed by atoms with Gasteiger partial charge in [-0.3, -0.25) is 4.79 Å². The van der Waals surface area contributed by atoms with Gasteiger partial charge in [-0.05, 0) is 18.8 Å². The van der Waals surface area contributed by atoms with Gasteiger partial charge in [0.05, 0.1) is 0 Å². The van der Waals surface area contributed by atoms with Crippen molar-refractivity contribution in [2.24, 2.45) is 11.7 Å². The molecule has 0 aliphatic rings. The predicted octanol–water partition coefficient (Wildman–Crippen LogP) is 0.0504. The highest BCUT2D eigenvalue weighted by Crippen LogP contribution is 2.04. The molecular formula is C11H21N3O4. The number of hydrogen-bond acceptors (Lipinski definition) is 3. The summed E-state index contributed by atoms with van der Waals surface area (Å²) in [6.45, 7) is 4.04. The van der Waals surface area contributed by atoms with Crippen LogP contribution >= 0.6 is 0 Å². The zero-order chi connectivity index (χ0) is 14.1. The van der Waals surface area contributed by atoms with Crippen molar-refractivity contribution in [1.82, 2.24) is 10.6 Å². The topological polar surface area (TPSA) is 122 Å². The third-order valence-electron chi connectivity index (χ3n) is 2.20. The maximum absolute atomic E-state index is 11.4. The number of carbonyl (C=O) groups excluding carboxylic acids is 2. The van der Waals surface area contributed by atoms with E-state index in [1.165, 1.54) is 0 Å². The first-order valence-electron chi connectivity index (χ1n) is 5.88. The van der Waals surface area contributed by atoms with Crippen molar-refractivity contribution in [3.05, 3.63) is 0 Å². The van der Waals surface area contributed by atoms with Gasteiger partial charge in [0.25, 0.3) is 0 Å². The number of primary amides is 1. The van der Waals surface area contributed by atoms with E-state index in [0.29, 0.717) is 12.8 Å². The van der Waals surface area contributed by atoms with Crippen molar-refractivity contribution >= 4 is 17.9 Å². The first-order valence-corrected chi connectivity index (χ1v) is 5.88. The van der Waals surface area contributed by atoms with Crippen LogP contribution in [0.3, 0.4) is 0 Å². The third kappa shape index (κ3) is 8.37. The first-order chi connectivity index (χ1) is 8.32. The lowest BCUT2D eigenvalue weighted by molar-refractivity contribution is -0.139. The molecule has 0 aromatic heterocycles. The molecule has 0 bridgehead atoms. The number of aliphatic carboxylic acids is 1. The zero-order valence-corrected chi connectivity index (χ0v) is 10.7. The molecule has 0 unspecified atom stereocenters. The fourth-order valence-electron chi connectivity index (χ4n) is 1.37. The van der Waals surface area contributed by atoms with Gasteiger partial charge >= 0.3 is 12.0 Å². The van der Waals surface area contributed by atoms with Gasteiger partial charge in [0.15, 0.2) is 0 Å². The molecule has 0 saturated carbocycles. The summed E-state index contributed by atoms with van der Waals surface area (Å²) in [6, 6.07) is -1.45. The Bertz CT molecular complexity index is 305. The molecular weight excluding hydrogens is 238 g/mol. The van der Waals surface area contributed by atoms with Gasteiger partial charge in [-0.25, -0.2) is 9.59 Å². The second kappa shape index (κ2) is 8.32. The number of carbonyl (C=O) groups is 3. The summed E-state index contributed by atoms with van der Waals surface area (Å²) in [4.78, 5) is 32.7. The number of carboxylic acid groups (broad SMARTS) is 1. The average molecular weight is 259 g/mol. The lowest BCUT2D eigenvalue weighted by Gasteiger charge is -2.16. The highest BCUT2D eigenvalue weighted by Gasteiger charge is 2.20. The van der Waals surface area contributed by atoms with Gasteiger partial charge in [-0.1, -0.05) is 13.8 Å². The van der Waals surface area contributed by atoms with Crippen LogP contribution < -0.4 is 16.4 Å². The molecule has 0 rings (SSSR count). The molecule has 3 amide bonds. The molecule has 104 valence electrons. The van der Waals surface area contributed by atoms with Crippen LogP contribution in [0.15, 0.2) is 0 Å². The zero-order valence-electron chi connectivity index (χ0n) is 10.7. The van der Waals surface area contributed by atoms with E-state index in [-0.39, 0.29) is 18.9 Å². The highest BCUT2D eigenvalue weighted by atomic mass is 16.4. The van der Waals surface area contributed by atoms with Crippen LogP contribution in [0.4, 0.5) is 4.79 Å². The molecule has 0 saturated heterocycles. The first kappa shape index (κ1) is 16.2. The average Bonchev–Trinajstić information content (AvgIpc) is 2.22. The molecule has 7 heteroatoms. The summed E-state index contributed by atoms with van der Waals surface area (Å²) in [6.07, 6.45) is 0.989. The third-order valence-corrected chi connectivity index (χ3v) is 2.20. The van der Waals surface area contributed by atoms with Crippen LogP contribution in [0.1, 0.15) is 33.1 Å². The minimum Gasteiger partial charge on any atom is -0.480 e. The largest absolute Gasteiger partial charge is 0.480 e. The Balaban J connectivity index is 3.95. The van der Waals surface area contributed by atoms with Crippen LogP contribution in [0, 0.1) is 5.92 Å². The number of urea groups is 1. The van der Waals surface area contributed by atoms with Gasteiger partial charge < -0.3 is 21.5 Å². The summed E-state index contributed by atoms with van der Waals surface area (Å²) < 4.78 is 0. The summed E-state index contributed by atoms with van der Waals surface area (Å²) in [5.74, 6) is -1.32. The smallest absolute Gasteiger partial charge is 0.326 e. The SMILES string of the molecule is CC(C)C[C@H](NC(=O)NCCCC(N)=O)C(=O)O. The summed E-state index contributed by atoms with van der Waals surface area (Å²) in [5.41, 5.74) is 4.94. The number of nitrogens with two attached hydrogens (primary N) is 1. The molecule has 0 spiro atoms. The fourth-order valence-corrected chi connectivity index (χ4v) is 1.37. The number of carboxylic acids is 1. The number of nitrogens with one attached hydrogen (secondary N) is 2. The van der Waals surface area contributed by atoms with E-state index in [0.717, 1.165) is 0 Å².